The molecule has 1 aromatic carbocycles. The van der Waals surface area contributed by atoms with Gasteiger partial charge in [0.25, 0.3) is 0 Å². The van der Waals surface area contributed by atoms with Crippen LogP contribution in [0.5, 0.6) is 0 Å². The molecule has 3 rings (SSSR count). The number of allylic oxidation sites excluding steroid dienone is 1. The quantitative estimate of drug-likeness (QED) is 0.789. The highest BCUT2D eigenvalue weighted by Crippen LogP contribution is 2.32. The van der Waals surface area contributed by atoms with Crippen molar-refractivity contribution in [3.05, 3.63) is 47.7 Å². The largest absolute Gasteiger partial charge is 0.464 e. The fourth-order valence-corrected chi connectivity index (χ4v) is 2.94. The molecule has 0 fully saturated rings. The van der Waals surface area contributed by atoms with E-state index in [0.717, 1.165) is 23.0 Å². The molecular formula is C17H21NO. The predicted octanol–water partition coefficient (Wildman–Crippen LogP) is 4.71. The van der Waals surface area contributed by atoms with Crippen LogP contribution < -0.4 is 5.73 Å². The summed E-state index contributed by atoms with van der Waals surface area (Å²) in [5, 5.41) is 1.15. The van der Waals surface area contributed by atoms with E-state index in [2.05, 4.69) is 12.1 Å². The highest BCUT2D eigenvalue weighted by molar-refractivity contribution is 5.81. The van der Waals surface area contributed by atoms with Crippen LogP contribution in [0.4, 0.5) is 0 Å². The monoisotopic (exact) mass is 255 g/mol. The van der Waals surface area contributed by atoms with Crippen LogP contribution in [-0.4, -0.2) is 0 Å². The second kappa shape index (κ2) is 5.62. The Balaban J connectivity index is 1.92. The van der Waals surface area contributed by atoms with Gasteiger partial charge < -0.3 is 10.2 Å². The van der Waals surface area contributed by atoms with Crippen LogP contribution in [0.2, 0.25) is 0 Å². The Bertz CT molecular complexity index is 582. The highest BCUT2D eigenvalue weighted by atomic mass is 16.3. The Morgan fingerprint density at radius 2 is 1.89 bits per heavy atom. The molecule has 2 aromatic rings. The van der Waals surface area contributed by atoms with Crippen LogP contribution in [-0.2, 0) is 0 Å². The van der Waals surface area contributed by atoms with E-state index in [1.807, 2.05) is 24.5 Å². The van der Waals surface area contributed by atoms with Gasteiger partial charge in [-0.05, 0) is 31.7 Å². The zero-order valence-corrected chi connectivity index (χ0v) is 11.3. The lowest BCUT2D eigenvalue weighted by molar-refractivity contribution is 0.589. The number of fused-ring (bicyclic) bond motifs is 1. The molecule has 1 aliphatic rings. The number of nitrogens with two attached hydrogens (primary N) is 1. The van der Waals surface area contributed by atoms with Crippen LogP contribution in [0.1, 0.15) is 50.1 Å². The summed E-state index contributed by atoms with van der Waals surface area (Å²) in [6, 6.07) is 8.12. The minimum absolute atomic E-state index is 0.0123. The average molecular weight is 255 g/mol. The van der Waals surface area contributed by atoms with Gasteiger partial charge in [0, 0.05) is 10.9 Å². The maximum Gasteiger partial charge on any atom is 0.134 e. The first-order valence-corrected chi connectivity index (χ1v) is 7.27. The van der Waals surface area contributed by atoms with Gasteiger partial charge in [-0.3, -0.25) is 0 Å². The molecule has 1 aromatic heterocycles. The molecule has 100 valence electrons. The Kier molecular flexibility index (Phi) is 3.69. The first kappa shape index (κ1) is 12.5. The van der Waals surface area contributed by atoms with Crippen LogP contribution in [0, 0.1) is 0 Å². The van der Waals surface area contributed by atoms with Crippen molar-refractivity contribution in [3.63, 3.8) is 0 Å². The molecule has 1 aliphatic carbocycles. The van der Waals surface area contributed by atoms with Gasteiger partial charge in [-0.25, -0.2) is 0 Å². The van der Waals surface area contributed by atoms with Crippen molar-refractivity contribution in [1.29, 1.82) is 0 Å². The van der Waals surface area contributed by atoms with Crippen molar-refractivity contribution in [2.75, 3.05) is 0 Å². The minimum Gasteiger partial charge on any atom is -0.464 e. The normalized spacial score (nSPS) is 21.4. The molecule has 1 heterocycles. The zero-order chi connectivity index (χ0) is 13.1. The third-order valence-electron chi connectivity index (χ3n) is 4.07. The second-order valence-corrected chi connectivity index (χ2v) is 5.40. The van der Waals surface area contributed by atoms with Crippen molar-refractivity contribution < 1.29 is 4.42 Å². The lowest BCUT2D eigenvalue weighted by Crippen LogP contribution is -2.13. The van der Waals surface area contributed by atoms with Gasteiger partial charge >= 0.3 is 0 Å². The van der Waals surface area contributed by atoms with Gasteiger partial charge in [0.15, 0.2) is 0 Å². The third-order valence-corrected chi connectivity index (χ3v) is 4.07. The summed E-state index contributed by atoms with van der Waals surface area (Å²) in [5.41, 5.74) is 9.91. The van der Waals surface area contributed by atoms with E-state index in [1.54, 1.807) is 0 Å². The Hall–Kier alpha value is -1.54. The molecule has 0 aliphatic heterocycles. The fraction of sp³-hybridized carbons (Fsp3) is 0.412. The summed E-state index contributed by atoms with van der Waals surface area (Å²) in [6.07, 6.45) is 11.7. The van der Waals surface area contributed by atoms with E-state index in [4.69, 9.17) is 10.2 Å². The standard InChI is InChI=1S/C17H21NO/c18-17(13-8-4-2-1-3-5-9-13)15-12-19-16-11-7-6-10-14(15)16/h6-8,10-12,17H,1-5,9,18H2/b13-8+. The van der Waals surface area contributed by atoms with E-state index in [1.165, 1.54) is 37.7 Å². The highest BCUT2D eigenvalue weighted by Gasteiger charge is 2.17. The number of furan rings is 1. The number of para-hydroxylation sites is 1. The van der Waals surface area contributed by atoms with E-state index in [-0.39, 0.29) is 6.04 Å². The zero-order valence-electron chi connectivity index (χ0n) is 11.3. The van der Waals surface area contributed by atoms with E-state index >= 15 is 0 Å². The number of rotatable bonds is 2. The average Bonchev–Trinajstić information content (AvgIpc) is 2.81. The summed E-state index contributed by atoms with van der Waals surface area (Å²) < 4.78 is 5.61. The van der Waals surface area contributed by atoms with Crippen molar-refractivity contribution in [2.24, 2.45) is 5.73 Å². The van der Waals surface area contributed by atoms with Gasteiger partial charge in [0.2, 0.25) is 0 Å². The van der Waals surface area contributed by atoms with Crippen LogP contribution >= 0.6 is 0 Å². The third kappa shape index (κ3) is 2.59. The number of hydrogen-bond donors (Lipinski definition) is 1. The minimum atomic E-state index is -0.0123. The molecule has 2 N–H and O–H groups in total. The molecule has 0 saturated heterocycles. The molecule has 0 amide bonds. The first-order valence-electron chi connectivity index (χ1n) is 7.27. The Labute approximate surface area is 114 Å². The van der Waals surface area contributed by atoms with Crippen molar-refractivity contribution in [1.82, 2.24) is 0 Å². The Morgan fingerprint density at radius 1 is 1.05 bits per heavy atom. The van der Waals surface area contributed by atoms with Gasteiger partial charge in [-0.1, -0.05) is 42.7 Å². The summed E-state index contributed by atoms with van der Waals surface area (Å²) >= 11 is 0. The molecule has 0 saturated carbocycles. The van der Waals surface area contributed by atoms with Crippen LogP contribution in [0.3, 0.4) is 0 Å². The predicted molar refractivity (Wildman–Crippen MR) is 78.9 cm³/mol. The van der Waals surface area contributed by atoms with Crippen molar-refractivity contribution in [3.8, 4) is 0 Å². The van der Waals surface area contributed by atoms with E-state index < -0.39 is 0 Å². The molecule has 0 radical (unpaired) electrons. The molecule has 0 bridgehead atoms. The SMILES string of the molecule is NC(/C1=C/CCCCCC1)c1coc2ccccc12. The Morgan fingerprint density at radius 3 is 2.84 bits per heavy atom. The first-order chi connectivity index (χ1) is 9.36. The smallest absolute Gasteiger partial charge is 0.134 e. The number of benzene rings is 1. The molecule has 1 unspecified atom stereocenters. The van der Waals surface area contributed by atoms with E-state index in [9.17, 15) is 0 Å². The van der Waals surface area contributed by atoms with E-state index in [0.29, 0.717) is 0 Å². The summed E-state index contributed by atoms with van der Waals surface area (Å²) in [7, 11) is 0. The lowest BCUT2D eigenvalue weighted by atomic mass is 9.91. The van der Waals surface area contributed by atoms with Crippen molar-refractivity contribution in [2.45, 2.75) is 44.6 Å². The van der Waals surface area contributed by atoms with Gasteiger partial charge in [-0.2, -0.15) is 0 Å². The topological polar surface area (TPSA) is 39.2 Å². The summed E-state index contributed by atoms with van der Waals surface area (Å²) in [4.78, 5) is 0. The maximum atomic E-state index is 6.47. The molecular weight excluding hydrogens is 234 g/mol. The van der Waals surface area contributed by atoms with Gasteiger partial charge in [0.05, 0.1) is 12.3 Å². The molecule has 2 nitrogen and oxygen atoms in total. The maximum absolute atomic E-state index is 6.47. The fourth-order valence-electron chi connectivity index (χ4n) is 2.94. The van der Waals surface area contributed by atoms with Crippen molar-refractivity contribution >= 4 is 11.0 Å². The molecule has 19 heavy (non-hydrogen) atoms. The van der Waals surface area contributed by atoms with Crippen LogP contribution in [0.25, 0.3) is 11.0 Å². The molecule has 2 heteroatoms. The molecule has 0 spiro atoms. The lowest BCUT2D eigenvalue weighted by Gasteiger charge is -2.17. The van der Waals surface area contributed by atoms with Crippen LogP contribution in [0.15, 0.2) is 46.6 Å². The number of hydrogen-bond acceptors (Lipinski definition) is 2. The van der Waals surface area contributed by atoms with Gasteiger partial charge in [-0.15, -0.1) is 0 Å². The van der Waals surface area contributed by atoms with Gasteiger partial charge in [0.1, 0.15) is 5.58 Å². The summed E-state index contributed by atoms with van der Waals surface area (Å²) in [6.45, 7) is 0. The molecule has 1 atom stereocenters. The second-order valence-electron chi connectivity index (χ2n) is 5.40. The summed E-state index contributed by atoms with van der Waals surface area (Å²) in [5.74, 6) is 0.